The molecule has 1 atom stereocenters. The van der Waals surface area contributed by atoms with E-state index in [0.29, 0.717) is 16.4 Å². The molecule has 0 aliphatic carbocycles. The maximum atomic E-state index is 12.5. The Morgan fingerprint density at radius 3 is 2.29 bits per heavy atom. The van der Waals surface area contributed by atoms with E-state index in [2.05, 4.69) is 20.8 Å². The molecule has 0 saturated carbocycles. The van der Waals surface area contributed by atoms with Crippen LogP contribution in [0.1, 0.15) is 18.0 Å². The maximum absolute atomic E-state index is 12.5. The lowest BCUT2D eigenvalue weighted by atomic mass is 10.1. The quantitative estimate of drug-likeness (QED) is 0.236. The fourth-order valence-corrected chi connectivity index (χ4v) is 3.39. The van der Waals surface area contributed by atoms with Gasteiger partial charge < -0.3 is 15.8 Å². The van der Waals surface area contributed by atoms with Crippen molar-refractivity contribution in [2.75, 3.05) is 10.6 Å². The lowest BCUT2D eigenvalue weighted by Gasteiger charge is -2.14. The number of hydrogen-bond donors (Lipinski definition) is 3. The van der Waals surface area contributed by atoms with Crippen LogP contribution in [-0.4, -0.2) is 22.2 Å². The molecule has 2 amide bonds. The zero-order chi connectivity index (χ0) is 24.6. The third-order valence-corrected chi connectivity index (χ3v) is 5.27. The highest BCUT2D eigenvalue weighted by Crippen LogP contribution is 2.26. The SMILES string of the molecule is NC(CC(=O)Oc1ccccc1NC(=O)Nc1ccc(-c2ccccc2)nn1)c1ccc(Cl)cc1. The summed E-state index contributed by atoms with van der Waals surface area (Å²) < 4.78 is 5.46. The maximum Gasteiger partial charge on any atom is 0.325 e. The summed E-state index contributed by atoms with van der Waals surface area (Å²) in [5.41, 5.74) is 8.79. The number of ether oxygens (including phenoxy) is 1. The molecular formula is C26H22ClN5O3. The number of carbonyl (C=O) groups excluding carboxylic acids is 2. The first-order valence-electron chi connectivity index (χ1n) is 10.8. The number of rotatable bonds is 7. The zero-order valence-corrected chi connectivity index (χ0v) is 19.3. The van der Waals surface area contributed by atoms with E-state index in [9.17, 15) is 9.59 Å². The minimum Gasteiger partial charge on any atom is -0.424 e. The molecule has 3 aromatic carbocycles. The van der Waals surface area contributed by atoms with Crippen LogP contribution < -0.4 is 21.1 Å². The average molecular weight is 488 g/mol. The Kier molecular flexibility index (Phi) is 7.67. The Bertz CT molecular complexity index is 1300. The molecule has 0 aliphatic rings. The molecule has 9 heteroatoms. The molecule has 176 valence electrons. The molecule has 4 aromatic rings. The number of benzene rings is 3. The van der Waals surface area contributed by atoms with Gasteiger partial charge in [0, 0.05) is 16.6 Å². The van der Waals surface area contributed by atoms with Gasteiger partial charge in [-0.15, -0.1) is 10.2 Å². The topological polar surface area (TPSA) is 119 Å². The van der Waals surface area contributed by atoms with E-state index >= 15 is 0 Å². The first-order chi connectivity index (χ1) is 17.0. The van der Waals surface area contributed by atoms with Crippen molar-refractivity contribution >= 4 is 35.1 Å². The molecule has 35 heavy (non-hydrogen) atoms. The Hall–Kier alpha value is -4.27. The van der Waals surface area contributed by atoms with Gasteiger partial charge in [-0.1, -0.05) is 66.2 Å². The predicted octanol–water partition coefficient (Wildman–Crippen LogP) is 5.44. The van der Waals surface area contributed by atoms with Gasteiger partial charge in [-0.25, -0.2) is 4.79 Å². The summed E-state index contributed by atoms with van der Waals surface area (Å²) in [6.07, 6.45) is -0.0501. The van der Waals surface area contributed by atoms with Gasteiger partial charge in [0.2, 0.25) is 0 Å². The van der Waals surface area contributed by atoms with Crippen LogP contribution in [0.4, 0.5) is 16.3 Å². The van der Waals surface area contributed by atoms with Gasteiger partial charge in [-0.2, -0.15) is 0 Å². The number of amides is 2. The molecule has 0 spiro atoms. The van der Waals surface area contributed by atoms with Gasteiger partial charge in [0.25, 0.3) is 0 Å². The molecule has 1 aromatic heterocycles. The standard InChI is InChI=1S/C26H22ClN5O3/c27-19-12-10-17(11-13-19)20(28)16-25(33)35-23-9-5-4-8-22(23)29-26(34)30-24-15-14-21(31-32-24)18-6-2-1-3-7-18/h1-15,20H,16,28H2,(H2,29,30,32,34). The van der Waals surface area contributed by atoms with Crippen molar-refractivity contribution in [1.29, 1.82) is 0 Å². The van der Waals surface area contributed by atoms with Crippen LogP contribution in [-0.2, 0) is 4.79 Å². The number of carbonyl (C=O) groups is 2. The van der Waals surface area contributed by atoms with E-state index in [0.717, 1.165) is 11.1 Å². The zero-order valence-electron chi connectivity index (χ0n) is 18.5. The molecule has 0 saturated heterocycles. The van der Waals surface area contributed by atoms with Crippen LogP contribution in [0.15, 0.2) is 91.0 Å². The number of para-hydroxylation sites is 2. The van der Waals surface area contributed by atoms with Crippen molar-refractivity contribution in [3.8, 4) is 17.0 Å². The second-order valence-corrected chi connectivity index (χ2v) is 8.02. The number of nitrogens with zero attached hydrogens (tertiary/aromatic N) is 2. The number of urea groups is 1. The van der Waals surface area contributed by atoms with Crippen molar-refractivity contribution in [3.63, 3.8) is 0 Å². The lowest BCUT2D eigenvalue weighted by molar-refractivity contribution is -0.134. The van der Waals surface area contributed by atoms with E-state index in [1.807, 2.05) is 30.3 Å². The molecule has 0 radical (unpaired) electrons. The van der Waals surface area contributed by atoms with Gasteiger partial charge in [0.15, 0.2) is 11.6 Å². The van der Waals surface area contributed by atoms with Crippen LogP contribution in [0, 0.1) is 0 Å². The van der Waals surface area contributed by atoms with Crippen LogP contribution in [0.25, 0.3) is 11.3 Å². The van der Waals surface area contributed by atoms with E-state index in [-0.39, 0.29) is 18.0 Å². The summed E-state index contributed by atoms with van der Waals surface area (Å²) >= 11 is 5.89. The van der Waals surface area contributed by atoms with Crippen LogP contribution in [0.2, 0.25) is 5.02 Å². The number of halogens is 1. The minimum absolute atomic E-state index is 0.0501. The highest BCUT2D eigenvalue weighted by atomic mass is 35.5. The summed E-state index contributed by atoms with van der Waals surface area (Å²) in [6, 6.07) is 25.4. The third kappa shape index (κ3) is 6.63. The molecule has 1 heterocycles. The largest absolute Gasteiger partial charge is 0.424 e. The Labute approximate surface area is 207 Å². The van der Waals surface area contributed by atoms with E-state index in [1.54, 1.807) is 60.7 Å². The first kappa shape index (κ1) is 23.9. The fourth-order valence-electron chi connectivity index (χ4n) is 3.26. The fraction of sp³-hybridized carbons (Fsp3) is 0.0769. The van der Waals surface area contributed by atoms with Crippen LogP contribution in [0.5, 0.6) is 5.75 Å². The number of aromatic nitrogens is 2. The predicted molar refractivity (Wildman–Crippen MR) is 135 cm³/mol. The van der Waals surface area contributed by atoms with Crippen molar-refractivity contribution in [1.82, 2.24) is 10.2 Å². The van der Waals surface area contributed by atoms with Crippen LogP contribution >= 0.6 is 11.6 Å². The summed E-state index contributed by atoms with van der Waals surface area (Å²) in [4.78, 5) is 25.0. The van der Waals surface area contributed by atoms with Gasteiger partial charge >= 0.3 is 12.0 Å². The normalized spacial score (nSPS) is 11.4. The van der Waals surface area contributed by atoms with Crippen molar-refractivity contribution in [2.45, 2.75) is 12.5 Å². The molecule has 0 aliphatic heterocycles. The lowest BCUT2D eigenvalue weighted by Crippen LogP contribution is -2.22. The van der Waals surface area contributed by atoms with Gasteiger partial charge in [-0.3, -0.25) is 10.1 Å². The molecule has 4 rings (SSSR count). The summed E-state index contributed by atoms with van der Waals surface area (Å²) in [6.45, 7) is 0. The molecule has 0 bridgehead atoms. The van der Waals surface area contributed by atoms with Gasteiger partial charge in [-0.05, 0) is 42.0 Å². The van der Waals surface area contributed by atoms with E-state index < -0.39 is 18.0 Å². The molecule has 8 nitrogen and oxygen atoms in total. The molecule has 1 unspecified atom stereocenters. The number of nitrogens with one attached hydrogen (secondary N) is 2. The third-order valence-electron chi connectivity index (χ3n) is 5.02. The summed E-state index contributed by atoms with van der Waals surface area (Å²) in [5.74, 6) is -0.0727. The first-order valence-corrected chi connectivity index (χ1v) is 11.1. The van der Waals surface area contributed by atoms with Crippen molar-refractivity contribution in [2.24, 2.45) is 5.73 Å². The summed E-state index contributed by atoms with van der Waals surface area (Å²) in [7, 11) is 0. The number of hydrogen-bond acceptors (Lipinski definition) is 6. The Morgan fingerprint density at radius 1 is 0.857 bits per heavy atom. The smallest absolute Gasteiger partial charge is 0.325 e. The van der Waals surface area contributed by atoms with Gasteiger partial charge in [0.05, 0.1) is 17.8 Å². The number of nitrogens with two attached hydrogens (primary N) is 1. The van der Waals surface area contributed by atoms with Crippen molar-refractivity contribution < 1.29 is 14.3 Å². The van der Waals surface area contributed by atoms with Gasteiger partial charge in [0.1, 0.15) is 0 Å². The molecule has 4 N–H and O–H groups in total. The molecular weight excluding hydrogens is 466 g/mol. The van der Waals surface area contributed by atoms with E-state index in [1.165, 1.54) is 0 Å². The number of anilines is 2. The number of esters is 1. The van der Waals surface area contributed by atoms with E-state index in [4.69, 9.17) is 22.1 Å². The Balaban J connectivity index is 1.35. The monoisotopic (exact) mass is 487 g/mol. The second kappa shape index (κ2) is 11.2. The Morgan fingerprint density at radius 2 is 1.57 bits per heavy atom. The minimum atomic E-state index is -0.562. The average Bonchev–Trinajstić information content (AvgIpc) is 2.86. The summed E-state index contributed by atoms with van der Waals surface area (Å²) in [5, 5.41) is 14.0. The molecule has 0 fully saturated rings. The van der Waals surface area contributed by atoms with Crippen LogP contribution in [0.3, 0.4) is 0 Å². The highest BCUT2D eigenvalue weighted by Gasteiger charge is 2.16. The van der Waals surface area contributed by atoms with Crippen molar-refractivity contribution in [3.05, 3.63) is 102 Å². The second-order valence-electron chi connectivity index (χ2n) is 7.58. The highest BCUT2D eigenvalue weighted by molar-refractivity contribution is 6.30.